The monoisotopic (exact) mass is 393 g/mol. The second-order valence-electron chi connectivity index (χ2n) is 5.07. The molecule has 0 saturated heterocycles. The first-order valence-electron chi connectivity index (χ1n) is 7.41. The molecule has 4 aromatic heterocycles. The number of halogens is 1. The summed E-state index contributed by atoms with van der Waals surface area (Å²) in [5.41, 5.74) is 0. The van der Waals surface area contributed by atoms with Crippen LogP contribution in [-0.2, 0) is 6.54 Å². The van der Waals surface area contributed by atoms with Gasteiger partial charge in [0.2, 0.25) is 0 Å². The maximum Gasteiger partial charge on any atom is 0.268 e. The van der Waals surface area contributed by atoms with Gasteiger partial charge in [0, 0.05) is 6.54 Å². The third-order valence-electron chi connectivity index (χ3n) is 3.55. The Bertz CT molecular complexity index is 992. The second-order valence-corrected chi connectivity index (χ2v) is 7.30. The number of aromatic nitrogens is 5. The Hall–Kier alpha value is -2.10. The molecule has 4 aromatic rings. The van der Waals surface area contributed by atoms with E-state index in [0.717, 1.165) is 4.88 Å². The summed E-state index contributed by atoms with van der Waals surface area (Å²) in [6.07, 6.45) is 1.60. The first-order chi connectivity index (χ1) is 12.2. The zero-order valence-corrected chi connectivity index (χ0v) is 15.4. The van der Waals surface area contributed by atoms with Gasteiger partial charge in [-0.2, -0.15) is 17.6 Å². The van der Waals surface area contributed by atoms with E-state index in [9.17, 15) is 0 Å². The Morgan fingerprint density at radius 2 is 2.20 bits per heavy atom. The van der Waals surface area contributed by atoms with Crippen molar-refractivity contribution >= 4 is 35.6 Å². The van der Waals surface area contributed by atoms with Crippen molar-refractivity contribution in [2.75, 3.05) is 0 Å². The minimum atomic E-state index is -0.482. The van der Waals surface area contributed by atoms with Crippen LogP contribution in [0, 0.1) is 0 Å². The zero-order valence-electron chi connectivity index (χ0n) is 13.0. The molecule has 0 aliphatic heterocycles. The predicted molar refractivity (Wildman–Crippen MR) is 96.8 cm³/mol. The number of thiol groups is 1. The second kappa shape index (κ2) is 6.66. The molecule has 128 valence electrons. The molecule has 0 aliphatic rings. The van der Waals surface area contributed by atoms with Crippen LogP contribution in [0.1, 0.15) is 23.8 Å². The van der Waals surface area contributed by atoms with E-state index >= 15 is 0 Å². The zero-order chi connectivity index (χ0) is 17.4. The van der Waals surface area contributed by atoms with Gasteiger partial charge in [0.1, 0.15) is 5.25 Å². The lowest BCUT2D eigenvalue weighted by Gasteiger charge is -2.08. The highest BCUT2D eigenvalue weighted by Crippen LogP contribution is 2.33. The summed E-state index contributed by atoms with van der Waals surface area (Å²) in [4.78, 5) is 5.21. The predicted octanol–water partition coefficient (Wildman–Crippen LogP) is 4.34. The van der Waals surface area contributed by atoms with Crippen LogP contribution in [0.5, 0.6) is 0 Å². The summed E-state index contributed by atoms with van der Waals surface area (Å²) in [6.45, 7) is 2.65. The molecule has 0 aliphatic carbocycles. The molecule has 0 amide bonds. The average molecular weight is 394 g/mol. The maximum atomic E-state index is 5.95. The molecule has 0 N–H and O–H groups in total. The molecule has 10 heteroatoms. The summed E-state index contributed by atoms with van der Waals surface area (Å²) in [5, 5.41) is 12.0. The van der Waals surface area contributed by atoms with Crippen molar-refractivity contribution in [1.29, 1.82) is 0 Å². The molecule has 0 radical (unpaired) electrons. The Kier molecular flexibility index (Phi) is 4.36. The Morgan fingerprint density at radius 3 is 2.88 bits per heavy atom. The minimum absolute atomic E-state index is 0.403. The first kappa shape index (κ1) is 16.4. The molecule has 0 fully saturated rings. The molecule has 0 saturated carbocycles. The number of hydrogen-bond donors (Lipinski definition) is 1. The summed E-state index contributed by atoms with van der Waals surface area (Å²) in [5.74, 6) is 2.71. The van der Waals surface area contributed by atoms with Gasteiger partial charge in [0.15, 0.2) is 23.2 Å². The fraction of sp³-hybridized carbons (Fsp3) is 0.200. The van der Waals surface area contributed by atoms with E-state index in [4.69, 9.17) is 20.5 Å². The van der Waals surface area contributed by atoms with Crippen LogP contribution in [0.25, 0.3) is 22.4 Å². The van der Waals surface area contributed by atoms with E-state index < -0.39 is 5.25 Å². The van der Waals surface area contributed by atoms with E-state index in [1.807, 2.05) is 23.6 Å². The highest BCUT2D eigenvalue weighted by Gasteiger charge is 2.25. The van der Waals surface area contributed by atoms with E-state index in [2.05, 4.69) is 33.0 Å². The van der Waals surface area contributed by atoms with Crippen LogP contribution in [0.2, 0.25) is 4.34 Å². The minimum Gasteiger partial charge on any atom is -0.461 e. The lowest BCUT2D eigenvalue weighted by atomic mass is 10.3. The molecule has 7 nitrogen and oxygen atoms in total. The van der Waals surface area contributed by atoms with Gasteiger partial charge in [-0.25, -0.2) is 0 Å². The molecule has 4 rings (SSSR count). The van der Waals surface area contributed by atoms with Crippen molar-refractivity contribution in [3.8, 4) is 22.4 Å². The van der Waals surface area contributed by atoms with Crippen molar-refractivity contribution < 1.29 is 8.94 Å². The van der Waals surface area contributed by atoms with Crippen LogP contribution in [0.4, 0.5) is 0 Å². The van der Waals surface area contributed by atoms with Gasteiger partial charge in [-0.15, -0.1) is 21.5 Å². The summed E-state index contributed by atoms with van der Waals surface area (Å²) in [6, 6.07) is 7.26. The first-order valence-corrected chi connectivity index (χ1v) is 9.12. The van der Waals surface area contributed by atoms with Gasteiger partial charge in [-0.1, -0.05) is 16.8 Å². The highest BCUT2D eigenvalue weighted by molar-refractivity contribution is 7.80. The largest absolute Gasteiger partial charge is 0.461 e. The van der Waals surface area contributed by atoms with Gasteiger partial charge in [-0.05, 0) is 31.2 Å². The highest BCUT2D eigenvalue weighted by atomic mass is 35.5. The normalized spacial score (nSPS) is 12.6. The number of furan rings is 1. The van der Waals surface area contributed by atoms with Gasteiger partial charge in [-0.3, -0.25) is 0 Å². The third-order valence-corrected chi connectivity index (χ3v) is 5.23. The molecule has 1 atom stereocenters. The number of thiophene rings is 1. The summed E-state index contributed by atoms with van der Waals surface area (Å²) >= 11 is 11.9. The van der Waals surface area contributed by atoms with Crippen molar-refractivity contribution in [1.82, 2.24) is 24.9 Å². The van der Waals surface area contributed by atoms with Crippen LogP contribution in [0.3, 0.4) is 0 Å². The molecular weight excluding hydrogens is 382 g/mol. The van der Waals surface area contributed by atoms with Crippen molar-refractivity contribution in [2.24, 2.45) is 0 Å². The standard InChI is InChI=1S/C15H12ClN5O2S2/c1-2-21-13(8-4-3-7-22-8)18-19-14(21)11(24)12-17-15(23-20-12)9-5-6-10(16)25-9/h3-7,11,24H,2H2,1H3. The molecule has 1 unspecified atom stereocenters. The fourth-order valence-corrected chi connectivity index (χ4v) is 3.67. The SMILES string of the molecule is CCn1c(-c2ccco2)nnc1C(S)c1noc(-c2ccc(Cl)s2)n1. The van der Waals surface area contributed by atoms with Gasteiger partial charge >= 0.3 is 0 Å². The topological polar surface area (TPSA) is 82.8 Å². The van der Waals surface area contributed by atoms with Crippen LogP contribution < -0.4 is 0 Å². The molecule has 4 heterocycles. The lowest BCUT2D eigenvalue weighted by molar-refractivity contribution is 0.423. The van der Waals surface area contributed by atoms with E-state index in [1.165, 1.54) is 11.3 Å². The summed E-state index contributed by atoms with van der Waals surface area (Å²) < 4.78 is 13.3. The molecular formula is C15H12ClN5O2S2. The number of nitrogens with zero attached hydrogens (tertiary/aromatic N) is 5. The van der Waals surface area contributed by atoms with Crippen molar-refractivity contribution in [2.45, 2.75) is 18.7 Å². The van der Waals surface area contributed by atoms with E-state index in [-0.39, 0.29) is 0 Å². The third kappa shape index (κ3) is 2.99. The Morgan fingerprint density at radius 1 is 1.32 bits per heavy atom. The van der Waals surface area contributed by atoms with Crippen LogP contribution in [0.15, 0.2) is 39.5 Å². The average Bonchev–Trinajstić information content (AvgIpc) is 3.37. The summed E-state index contributed by atoms with van der Waals surface area (Å²) in [7, 11) is 0. The number of hydrogen-bond acceptors (Lipinski definition) is 8. The van der Waals surface area contributed by atoms with E-state index in [0.29, 0.717) is 40.0 Å². The van der Waals surface area contributed by atoms with Crippen molar-refractivity contribution in [3.05, 3.63) is 46.5 Å². The fourth-order valence-electron chi connectivity index (χ4n) is 2.41. The Labute approximate surface area is 157 Å². The van der Waals surface area contributed by atoms with Crippen LogP contribution in [-0.4, -0.2) is 24.9 Å². The Balaban J connectivity index is 1.67. The molecule has 0 spiro atoms. The molecule has 0 aromatic carbocycles. The molecule has 0 bridgehead atoms. The van der Waals surface area contributed by atoms with Gasteiger partial charge < -0.3 is 13.5 Å². The quantitative estimate of drug-likeness (QED) is 0.508. The molecule has 25 heavy (non-hydrogen) atoms. The van der Waals surface area contributed by atoms with Gasteiger partial charge in [0.25, 0.3) is 5.89 Å². The lowest BCUT2D eigenvalue weighted by Crippen LogP contribution is -2.08. The van der Waals surface area contributed by atoms with E-state index in [1.54, 1.807) is 18.4 Å². The smallest absolute Gasteiger partial charge is 0.268 e. The van der Waals surface area contributed by atoms with Crippen molar-refractivity contribution in [3.63, 3.8) is 0 Å². The van der Waals surface area contributed by atoms with Gasteiger partial charge in [0.05, 0.1) is 15.5 Å². The number of rotatable bonds is 5. The maximum absolute atomic E-state index is 5.95. The van der Waals surface area contributed by atoms with Crippen LogP contribution >= 0.6 is 35.6 Å².